The van der Waals surface area contributed by atoms with Gasteiger partial charge >= 0.3 is 5.97 Å². The lowest BCUT2D eigenvalue weighted by atomic mass is 10.1. The van der Waals surface area contributed by atoms with Gasteiger partial charge in [0, 0.05) is 22.4 Å². The van der Waals surface area contributed by atoms with Crippen molar-refractivity contribution in [3.8, 4) is 5.75 Å². The van der Waals surface area contributed by atoms with Gasteiger partial charge in [-0.1, -0.05) is 15.9 Å². The van der Waals surface area contributed by atoms with Gasteiger partial charge in [-0.2, -0.15) is 0 Å². The lowest BCUT2D eigenvalue weighted by Gasteiger charge is -2.08. The number of halogens is 1. The van der Waals surface area contributed by atoms with Gasteiger partial charge in [0.15, 0.2) is 0 Å². The van der Waals surface area contributed by atoms with Crippen LogP contribution >= 0.6 is 15.9 Å². The zero-order chi connectivity index (χ0) is 13.0. The van der Waals surface area contributed by atoms with Crippen molar-refractivity contribution in [2.45, 2.75) is 6.61 Å². The molecule has 0 aliphatic carbocycles. The number of carboxylic acid groups (broad SMARTS) is 1. The Bertz CT molecular complexity index is 554. The average Bonchev–Trinajstić information content (AvgIpc) is 2.38. The number of nitrogens with zero attached hydrogens (tertiary/aromatic N) is 1. The lowest BCUT2D eigenvalue weighted by molar-refractivity contribution is 0.0693. The van der Waals surface area contributed by atoms with E-state index in [-0.39, 0.29) is 12.2 Å². The molecule has 92 valence electrons. The molecule has 0 amide bonds. The molecule has 1 aromatic carbocycles. The molecule has 0 unspecified atom stereocenters. The second kappa shape index (κ2) is 5.64. The number of carboxylic acids is 1. The van der Waals surface area contributed by atoms with Crippen LogP contribution in [-0.2, 0) is 6.61 Å². The van der Waals surface area contributed by atoms with Crippen molar-refractivity contribution in [1.29, 1.82) is 0 Å². The molecule has 4 nitrogen and oxygen atoms in total. The topological polar surface area (TPSA) is 59.4 Å². The third-order valence-electron chi connectivity index (χ3n) is 2.35. The Labute approximate surface area is 112 Å². The summed E-state index contributed by atoms with van der Waals surface area (Å²) in [7, 11) is 0. The molecule has 0 radical (unpaired) electrons. The molecule has 2 rings (SSSR count). The van der Waals surface area contributed by atoms with E-state index in [1.54, 1.807) is 12.3 Å². The first-order chi connectivity index (χ1) is 8.66. The third kappa shape index (κ3) is 3.07. The van der Waals surface area contributed by atoms with E-state index in [9.17, 15) is 4.79 Å². The van der Waals surface area contributed by atoms with Crippen LogP contribution in [0.4, 0.5) is 0 Å². The molecule has 1 heterocycles. The van der Waals surface area contributed by atoms with Gasteiger partial charge in [-0.3, -0.25) is 4.98 Å². The van der Waals surface area contributed by atoms with Crippen LogP contribution in [0, 0.1) is 0 Å². The first-order valence-corrected chi connectivity index (χ1v) is 6.00. The summed E-state index contributed by atoms with van der Waals surface area (Å²) in [6, 6.07) is 8.99. The van der Waals surface area contributed by atoms with Gasteiger partial charge in [-0.15, -0.1) is 0 Å². The van der Waals surface area contributed by atoms with E-state index in [1.165, 1.54) is 6.20 Å². The Kier molecular flexibility index (Phi) is 3.94. The monoisotopic (exact) mass is 307 g/mol. The molecule has 1 aromatic heterocycles. The highest BCUT2D eigenvalue weighted by atomic mass is 79.9. The van der Waals surface area contributed by atoms with Gasteiger partial charge in [0.05, 0.1) is 5.56 Å². The van der Waals surface area contributed by atoms with Crippen LogP contribution < -0.4 is 4.74 Å². The molecule has 0 saturated carbocycles. The molecule has 0 fully saturated rings. The summed E-state index contributed by atoms with van der Waals surface area (Å²) < 4.78 is 6.49. The second-order valence-corrected chi connectivity index (χ2v) is 4.50. The van der Waals surface area contributed by atoms with Crippen LogP contribution in [-0.4, -0.2) is 16.1 Å². The molecule has 0 spiro atoms. The maximum atomic E-state index is 11.0. The number of hydrogen-bond donors (Lipinski definition) is 1. The van der Waals surface area contributed by atoms with Crippen LogP contribution in [0.1, 0.15) is 15.9 Å². The number of ether oxygens (including phenoxy) is 1. The highest BCUT2D eigenvalue weighted by Gasteiger charge is 2.09. The number of rotatable bonds is 4. The minimum Gasteiger partial charge on any atom is -0.489 e. The van der Waals surface area contributed by atoms with Gasteiger partial charge < -0.3 is 9.84 Å². The number of pyridine rings is 1. The van der Waals surface area contributed by atoms with Crippen molar-refractivity contribution in [2.75, 3.05) is 0 Å². The predicted molar refractivity (Wildman–Crippen MR) is 69.7 cm³/mol. The largest absolute Gasteiger partial charge is 0.489 e. The summed E-state index contributed by atoms with van der Waals surface area (Å²) in [5.41, 5.74) is 0.759. The Morgan fingerprint density at radius 2 is 2.00 bits per heavy atom. The van der Waals surface area contributed by atoms with Crippen LogP contribution in [0.2, 0.25) is 0 Å². The molecule has 2 aromatic rings. The van der Waals surface area contributed by atoms with Crippen molar-refractivity contribution in [3.63, 3.8) is 0 Å². The number of benzene rings is 1. The summed E-state index contributed by atoms with van der Waals surface area (Å²) in [5.74, 6) is -0.316. The molecule has 0 bridgehead atoms. The van der Waals surface area contributed by atoms with E-state index in [0.717, 1.165) is 4.47 Å². The number of hydrogen-bond acceptors (Lipinski definition) is 3. The van der Waals surface area contributed by atoms with Crippen molar-refractivity contribution < 1.29 is 14.6 Å². The van der Waals surface area contributed by atoms with Gasteiger partial charge in [0.2, 0.25) is 0 Å². The summed E-state index contributed by atoms with van der Waals surface area (Å²) >= 11 is 3.33. The molecule has 1 N–H and O–H groups in total. The maximum Gasteiger partial charge on any atom is 0.337 e. The fraction of sp³-hybridized carbons (Fsp3) is 0.0769. The molecule has 0 aliphatic rings. The minimum atomic E-state index is -1.00. The maximum absolute atomic E-state index is 11.0. The Balaban J connectivity index is 2.10. The smallest absolute Gasteiger partial charge is 0.337 e. The molecule has 0 aliphatic heterocycles. The fourth-order valence-corrected chi connectivity index (χ4v) is 1.70. The van der Waals surface area contributed by atoms with E-state index in [0.29, 0.717) is 11.3 Å². The SMILES string of the molecule is O=C(O)c1cnccc1COc1ccc(Br)cc1. The highest BCUT2D eigenvalue weighted by molar-refractivity contribution is 9.10. The molecule has 18 heavy (non-hydrogen) atoms. The Hall–Kier alpha value is -1.88. The summed E-state index contributed by atoms with van der Waals surface area (Å²) in [5, 5.41) is 9.00. The second-order valence-electron chi connectivity index (χ2n) is 3.58. The quantitative estimate of drug-likeness (QED) is 0.943. The van der Waals surface area contributed by atoms with Gasteiger partial charge in [-0.05, 0) is 30.3 Å². The number of carbonyl (C=O) groups is 1. The predicted octanol–water partition coefficient (Wildman–Crippen LogP) is 3.12. The molecular weight excluding hydrogens is 298 g/mol. The standard InChI is InChI=1S/C13H10BrNO3/c14-10-1-3-11(4-2-10)18-8-9-5-6-15-7-12(9)13(16)17/h1-7H,8H2,(H,16,17). The van der Waals surface area contributed by atoms with Crippen LogP contribution in [0.25, 0.3) is 0 Å². The van der Waals surface area contributed by atoms with E-state index in [4.69, 9.17) is 9.84 Å². The summed E-state index contributed by atoms with van der Waals surface area (Å²) in [6.07, 6.45) is 2.87. The highest BCUT2D eigenvalue weighted by Crippen LogP contribution is 2.18. The fourth-order valence-electron chi connectivity index (χ4n) is 1.43. The first-order valence-electron chi connectivity index (χ1n) is 5.21. The van der Waals surface area contributed by atoms with Crippen LogP contribution in [0.15, 0.2) is 47.2 Å². The van der Waals surface area contributed by atoms with Crippen LogP contribution in [0.3, 0.4) is 0 Å². The normalized spacial score (nSPS) is 10.1. The van der Waals surface area contributed by atoms with E-state index >= 15 is 0 Å². The van der Waals surface area contributed by atoms with Gasteiger partial charge in [0.25, 0.3) is 0 Å². The molecule has 0 saturated heterocycles. The summed E-state index contributed by atoms with van der Waals surface area (Å²) in [6.45, 7) is 0.200. The number of aromatic nitrogens is 1. The van der Waals surface area contributed by atoms with E-state index in [2.05, 4.69) is 20.9 Å². The zero-order valence-electron chi connectivity index (χ0n) is 9.34. The van der Waals surface area contributed by atoms with Crippen molar-refractivity contribution in [2.24, 2.45) is 0 Å². The minimum absolute atomic E-state index is 0.162. The summed E-state index contributed by atoms with van der Waals surface area (Å²) in [4.78, 5) is 14.8. The first kappa shape index (κ1) is 12.6. The van der Waals surface area contributed by atoms with Crippen molar-refractivity contribution in [3.05, 3.63) is 58.3 Å². The van der Waals surface area contributed by atoms with Crippen molar-refractivity contribution in [1.82, 2.24) is 4.98 Å². The van der Waals surface area contributed by atoms with Crippen LogP contribution in [0.5, 0.6) is 5.75 Å². The third-order valence-corrected chi connectivity index (χ3v) is 2.88. The number of aromatic carboxylic acids is 1. The molecule has 5 heteroatoms. The average molecular weight is 308 g/mol. The Morgan fingerprint density at radius 3 is 2.67 bits per heavy atom. The van der Waals surface area contributed by atoms with E-state index in [1.807, 2.05) is 24.3 Å². The molecular formula is C13H10BrNO3. The van der Waals surface area contributed by atoms with Crippen molar-refractivity contribution >= 4 is 21.9 Å². The van der Waals surface area contributed by atoms with Gasteiger partial charge in [0.1, 0.15) is 12.4 Å². The zero-order valence-corrected chi connectivity index (χ0v) is 10.9. The van der Waals surface area contributed by atoms with Gasteiger partial charge in [-0.25, -0.2) is 4.79 Å². The lowest BCUT2D eigenvalue weighted by Crippen LogP contribution is -2.06. The van der Waals surface area contributed by atoms with E-state index < -0.39 is 5.97 Å². The Morgan fingerprint density at radius 1 is 1.28 bits per heavy atom. The molecule has 0 atom stereocenters.